The molecule has 1 N–H and O–H groups in total. The van der Waals surface area contributed by atoms with Gasteiger partial charge in [0.25, 0.3) is 5.92 Å². The van der Waals surface area contributed by atoms with Crippen LogP contribution in [-0.2, 0) is 12.5 Å². The van der Waals surface area contributed by atoms with Gasteiger partial charge in [-0.2, -0.15) is 8.78 Å². The Balaban J connectivity index is 0.00000112. The Morgan fingerprint density at radius 2 is 2.00 bits per heavy atom. The molecule has 1 heterocycles. The predicted molar refractivity (Wildman–Crippen MR) is 56.9 cm³/mol. The molecule has 0 amide bonds. The summed E-state index contributed by atoms with van der Waals surface area (Å²) in [4.78, 5) is 0. The van der Waals surface area contributed by atoms with Crippen molar-refractivity contribution in [3.8, 4) is 0 Å². The van der Waals surface area contributed by atoms with E-state index in [4.69, 9.17) is 0 Å². The molecule has 15 heavy (non-hydrogen) atoms. The molecule has 1 aromatic rings. The first-order valence-electron chi connectivity index (χ1n) is 4.08. The van der Waals surface area contributed by atoms with Crippen LogP contribution in [0.3, 0.4) is 0 Å². The number of hydrogen-bond acceptors (Lipinski definition) is 1. The first-order chi connectivity index (χ1) is 6.52. The van der Waals surface area contributed by atoms with Crippen LogP contribution in [0.25, 0.3) is 0 Å². The van der Waals surface area contributed by atoms with Crippen LogP contribution >= 0.6 is 28.3 Å². The molecule has 0 aliphatic carbocycles. The van der Waals surface area contributed by atoms with Crippen LogP contribution < -0.4 is 5.32 Å². The molecule has 1 aliphatic heterocycles. The summed E-state index contributed by atoms with van der Waals surface area (Å²) in [5, 5.41) is 2.49. The smallest absolute Gasteiger partial charge is 0.285 e. The van der Waals surface area contributed by atoms with Gasteiger partial charge < -0.3 is 5.32 Å². The Hall–Kier alpha value is -0.260. The fourth-order valence-electron chi connectivity index (χ4n) is 1.55. The first-order valence-corrected chi connectivity index (χ1v) is 4.87. The van der Waals surface area contributed by atoms with E-state index in [9.17, 15) is 13.2 Å². The van der Waals surface area contributed by atoms with E-state index in [1.807, 2.05) is 0 Å². The van der Waals surface area contributed by atoms with E-state index in [1.165, 1.54) is 12.1 Å². The molecule has 0 atom stereocenters. The number of hydrogen-bond donors (Lipinski definition) is 1. The van der Waals surface area contributed by atoms with Crippen LogP contribution in [0.5, 0.6) is 0 Å². The van der Waals surface area contributed by atoms with Gasteiger partial charge in [0.15, 0.2) is 0 Å². The summed E-state index contributed by atoms with van der Waals surface area (Å²) in [6.45, 7) is -0.280. The molecule has 0 radical (unpaired) electrons. The van der Waals surface area contributed by atoms with Crippen LogP contribution in [0.1, 0.15) is 11.1 Å². The summed E-state index contributed by atoms with van der Waals surface area (Å²) < 4.78 is 40.2. The number of nitrogens with one attached hydrogen (secondary N) is 1. The van der Waals surface area contributed by atoms with Crippen molar-refractivity contribution in [2.24, 2.45) is 0 Å². The van der Waals surface area contributed by atoms with E-state index in [0.29, 0.717) is 0 Å². The lowest BCUT2D eigenvalue weighted by atomic mass is 9.97. The largest absolute Gasteiger partial charge is 0.307 e. The predicted octanol–water partition coefficient (Wildman–Crippen LogP) is 3.21. The summed E-state index contributed by atoms with van der Waals surface area (Å²) in [5.74, 6) is -3.58. The molecule has 6 heteroatoms. The fourth-order valence-corrected chi connectivity index (χ4v) is 1.92. The maximum atomic E-state index is 13.4. The Morgan fingerprint density at radius 3 is 2.67 bits per heavy atom. The van der Waals surface area contributed by atoms with E-state index in [-0.39, 0.29) is 34.6 Å². The van der Waals surface area contributed by atoms with Gasteiger partial charge in [-0.25, -0.2) is 4.39 Å². The average Bonchev–Trinajstić information content (AvgIpc) is 2.11. The molecule has 0 fully saturated rings. The van der Waals surface area contributed by atoms with Gasteiger partial charge >= 0.3 is 0 Å². The lowest BCUT2D eigenvalue weighted by Gasteiger charge is -2.26. The Kier molecular flexibility index (Phi) is 3.68. The minimum Gasteiger partial charge on any atom is -0.307 e. The number of fused-ring (bicyclic) bond motifs is 1. The summed E-state index contributed by atoms with van der Waals surface area (Å²) in [7, 11) is 0. The molecular weight excluding hydrogens is 294 g/mol. The zero-order valence-electron chi connectivity index (χ0n) is 7.49. The number of halogens is 5. The van der Waals surface area contributed by atoms with E-state index in [1.54, 1.807) is 0 Å². The quantitative estimate of drug-likeness (QED) is 0.776. The third kappa shape index (κ3) is 2.14. The van der Waals surface area contributed by atoms with Crippen molar-refractivity contribution in [1.29, 1.82) is 0 Å². The van der Waals surface area contributed by atoms with Crippen LogP contribution in [0.15, 0.2) is 16.6 Å². The summed E-state index contributed by atoms with van der Waals surface area (Å²) >= 11 is 2.96. The minimum absolute atomic E-state index is 0. The van der Waals surface area contributed by atoms with Crippen molar-refractivity contribution >= 4 is 28.3 Å². The highest BCUT2D eigenvalue weighted by molar-refractivity contribution is 9.10. The molecule has 0 aromatic heterocycles. The van der Waals surface area contributed by atoms with Gasteiger partial charge in [0.05, 0.1) is 11.0 Å². The normalized spacial score (nSPS) is 17.9. The SMILES string of the molecule is Cl.Fc1c(Br)ccc2c1CNCC2(F)F. The standard InChI is InChI=1S/C9H7BrF3N.ClH/c10-7-2-1-6-5(8(7)11)3-14-4-9(6,12)13;/h1-2,14H,3-4H2;1H. The average molecular weight is 303 g/mol. The van der Waals surface area contributed by atoms with E-state index < -0.39 is 18.3 Å². The van der Waals surface area contributed by atoms with Crippen LogP contribution in [0.2, 0.25) is 0 Å². The maximum absolute atomic E-state index is 13.4. The highest BCUT2D eigenvalue weighted by atomic mass is 79.9. The lowest BCUT2D eigenvalue weighted by molar-refractivity contribution is -0.0115. The zero-order chi connectivity index (χ0) is 10.3. The minimum atomic E-state index is -2.98. The van der Waals surface area contributed by atoms with Gasteiger partial charge in [0.2, 0.25) is 0 Å². The van der Waals surface area contributed by atoms with Gasteiger partial charge in [0, 0.05) is 17.7 Å². The van der Waals surface area contributed by atoms with Crippen molar-refractivity contribution in [2.75, 3.05) is 6.54 Å². The van der Waals surface area contributed by atoms with Crippen molar-refractivity contribution in [2.45, 2.75) is 12.5 Å². The van der Waals surface area contributed by atoms with Crippen molar-refractivity contribution in [1.82, 2.24) is 5.32 Å². The van der Waals surface area contributed by atoms with E-state index >= 15 is 0 Å². The lowest BCUT2D eigenvalue weighted by Crippen LogP contribution is -2.37. The summed E-state index contributed by atoms with van der Waals surface area (Å²) in [6, 6.07) is 2.58. The second kappa shape index (κ2) is 4.31. The second-order valence-electron chi connectivity index (χ2n) is 3.20. The third-order valence-corrected chi connectivity index (χ3v) is 2.85. The third-order valence-electron chi connectivity index (χ3n) is 2.24. The van der Waals surface area contributed by atoms with Crippen molar-refractivity contribution in [3.63, 3.8) is 0 Å². The fraction of sp³-hybridized carbons (Fsp3) is 0.333. The monoisotopic (exact) mass is 301 g/mol. The molecule has 1 aliphatic rings. The molecule has 2 rings (SSSR count). The summed E-state index contributed by atoms with van der Waals surface area (Å²) in [6.07, 6.45) is 0. The zero-order valence-corrected chi connectivity index (χ0v) is 9.89. The first kappa shape index (κ1) is 12.8. The molecule has 84 valence electrons. The Labute approximate surface area is 99.6 Å². The molecule has 1 aromatic carbocycles. The maximum Gasteiger partial charge on any atom is 0.285 e. The molecule has 0 spiro atoms. The van der Waals surface area contributed by atoms with Gasteiger partial charge in [-0.15, -0.1) is 12.4 Å². The van der Waals surface area contributed by atoms with Gasteiger partial charge in [-0.05, 0) is 22.0 Å². The molecular formula is C9H8BrClF3N. The van der Waals surface area contributed by atoms with E-state index in [2.05, 4.69) is 21.2 Å². The van der Waals surface area contributed by atoms with Gasteiger partial charge in [-0.3, -0.25) is 0 Å². The van der Waals surface area contributed by atoms with E-state index in [0.717, 1.165) is 0 Å². The number of alkyl halides is 2. The highest BCUT2D eigenvalue weighted by Crippen LogP contribution is 2.36. The van der Waals surface area contributed by atoms with Crippen molar-refractivity contribution in [3.05, 3.63) is 33.5 Å². The molecule has 1 nitrogen and oxygen atoms in total. The summed E-state index contributed by atoms with van der Waals surface area (Å²) in [5.41, 5.74) is -0.160. The van der Waals surface area contributed by atoms with Crippen molar-refractivity contribution < 1.29 is 13.2 Å². The van der Waals surface area contributed by atoms with Crippen LogP contribution in [-0.4, -0.2) is 6.54 Å². The molecule has 0 unspecified atom stereocenters. The number of rotatable bonds is 0. The van der Waals surface area contributed by atoms with Crippen LogP contribution in [0.4, 0.5) is 13.2 Å². The van der Waals surface area contributed by atoms with Gasteiger partial charge in [-0.1, -0.05) is 6.07 Å². The second-order valence-corrected chi connectivity index (χ2v) is 4.05. The Morgan fingerprint density at radius 1 is 1.33 bits per heavy atom. The topological polar surface area (TPSA) is 12.0 Å². The van der Waals surface area contributed by atoms with Gasteiger partial charge in [0.1, 0.15) is 5.82 Å². The van der Waals surface area contributed by atoms with Crippen LogP contribution in [0, 0.1) is 5.82 Å². The molecule has 0 saturated carbocycles. The molecule has 0 saturated heterocycles. The highest BCUT2D eigenvalue weighted by Gasteiger charge is 2.38. The number of benzene rings is 1. The Bertz CT molecular complexity index is 384. The molecule has 0 bridgehead atoms.